The van der Waals surface area contributed by atoms with Crippen molar-refractivity contribution < 1.29 is 9.59 Å². The number of fused-ring (bicyclic) bond motifs is 4. The van der Waals surface area contributed by atoms with Crippen LogP contribution in [0.2, 0.25) is 0 Å². The summed E-state index contributed by atoms with van der Waals surface area (Å²) in [6, 6.07) is 33.6. The smallest absolute Gasteiger partial charge is 0.211 e. The molecule has 1 N–H and O–H groups in total. The Morgan fingerprint density at radius 2 is 1.24 bits per heavy atom. The second-order valence-corrected chi connectivity index (χ2v) is 11.5. The lowest BCUT2D eigenvalue weighted by atomic mass is 9.71. The van der Waals surface area contributed by atoms with E-state index in [0.29, 0.717) is 22.3 Å². The van der Waals surface area contributed by atoms with Gasteiger partial charge in [0.15, 0.2) is 5.78 Å². The van der Waals surface area contributed by atoms with Gasteiger partial charge in [-0.1, -0.05) is 118 Å². The molecule has 0 aromatic heterocycles. The van der Waals surface area contributed by atoms with Gasteiger partial charge >= 0.3 is 0 Å². The minimum absolute atomic E-state index is 0.0168. The van der Waals surface area contributed by atoms with Crippen LogP contribution in [0, 0.1) is 12.3 Å². The molecule has 0 saturated heterocycles. The molecule has 42 heavy (non-hydrogen) atoms. The van der Waals surface area contributed by atoms with Crippen LogP contribution in [0.4, 0.5) is 0 Å². The highest BCUT2D eigenvalue weighted by Gasteiger charge is 2.42. The summed E-state index contributed by atoms with van der Waals surface area (Å²) >= 11 is 0. The van der Waals surface area contributed by atoms with Gasteiger partial charge in [-0.3, -0.25) is 15.0 Å². The predicted molar refractivity (Wildman–Crippen MR) is 172 cm³/mol. The standard InChI is InChI=1S/C39H35NO2/c1-4-21-39(22-5-2)34-23-27(37(41)33-16-10-13-26-12-7-9-15-30(26)33)17-19-31(34)32-20-18-28(24-35(32)39)38(42)36(40)29-14-8-6-11-25(29)3/h6-20,23-24,40H,4-5,21-22H2,1-3H3. The Morgan fingerprint density at radius 1 is 0.667 bits per heavy atom. The summed E-state index contributed by atoms with van der Waals surface area (Å²) in [4.78, 5) is 27.6. The SMILES string of the molecule is CCCC1(CCC)c2cc(C(=O)C(=N)c3ccccc3C)ccc2-c2ccc(C(=O)c3cccc4ccccc34)cc21. The number of hydrogen-bond donors (Lipinski definition) is 1. The summed E-state index contributed by atoms with van der Waals surface area (Å²) in [6.45, 7) is 6.33. The largest absolute Gasteiger partial charge is 0.296 e. The fourth-order valence-electron chi connectivity index (χ4n) is 6.99. The molecule has 3 nitrogen and oxygen atoms in total. The number of ketones is 2. The van der Waals surface area contributed by atoms with E-state index in [9.17, 15) is 9.59 Å². The maximum atomic E-state index is 14.0. The minimum atomic E-state index is -0.301. The first kappa shape index (κ1) is 27.5. The van der Waals surface area contributed by atoms with E-state index in [1.54, 1.807) is 0 Å². The lowest BCUT2D eigenvalue weighted by Gasteiger charge is -2.32. The highest BCUT2D eigenvalue weighted by molar-refractivity contribution is 6.50. The number of aryl methyl sites for hydroxylation is 1. The van der Waals surface area contributed by atoms with Crippen molar-refractivity contribution in [2.75, 3.05) is 0 Å². The zero-order chi connectivity index (χ0) is 29.4. The minimum Gasteiger partial charge on any atom is -0.296 e. The maximum absolute atomic E-state index is 14.0. The van der Waals surface area contributed by atoms with E-state index >= 15 is 0 Å². The third-order valence-electron chi connectivity index (χ3n) is 8.91. The second kappa shape index (κ2) is 11.0. The Bertz CT molecular complexity index is 1870. The number of Topliss-reactive ketones (excluding diaryl/α,β-unsaturated/α-hetero) is 1. The van der Waals surface area contributed by atoms with E-state index in [1.807, 2.05) is 97.9 Å². The van der Waals surface area contributed by atoms with Gasteiger partial charge in [0.2, 0.25) is 5.78 Å². The van der Waals surface area contributed by atoms with E-state index in [1.165, 1.54) is 5.56 Å². The van der Waals surface area contributed by atoms with E-state index in [2.05, 4.69) is 26.0 Å². The van der Waals surface area contributed by atoms with Crippen molar-refractivity contribution in [2.45, 2.75) is 51.9 Å². The van der Waals surface area contributed by atoms with Gasteiger partial charge in [-0.15, -0.1) is 0 Å². The van der Waals surface area contributed by atoms with E-state index in [0.717, 1.165) is 58.7 Å². The van der Waals surface area contributed by atoms with Crippen LogP contribution in [0.1, 0.15) is 88.1 Å². The van der Waals surface area contributed by atoms with Crippen molar-refractivity contribution in [3.05, 3.63) is 142 Å². The van der Waals surface area contributed by atoms with Gasteiger partial charge in [0.05, 0.1) is 0 Å². The lowest BCUT2D eigenvalue weighted by Crippen LogP contribution is -2.26. The van der Waals surface area contributed by atoms with Crippen molar-refractivity contribution in [3.8, 4) is 11.1 Å². The molecule has 6 rings (SSSR count). The van der Waals surface area contributed by atoms with Gasteiger partial charge in [-0.25, -0.2) is 0 Å². The van der Waals surface area contributed by atoms with E-state index < -0.39 is 0 Å². The van der Waals surface area contributed by atoms with Crippen LogP contribution in [-0.4, -0.2) is 17.3 Å². The monoisotopic (exact) mass is 549 g/mol. The Kier molecular flexibility index (Phi) is 7.20. The molecule has 0 saturated carbocycles. The Morgan fingerprint density at radius 3 is 1.93 bits per heavy atom. The highest BCUT2D eigenvalue weighted by atomic mass is 16.1. The first-order chi connectivity index (χ1) is 20.4. The summed E-state index contributed by atoms with van der Waals surface area (Å²) in [5, 5.41) is 10.7. The van der Waals surface area contributed by atoms with Gasteiger partial charge in [0.1, 0.15) is 5.71 Å². The number of rotatable bonds is 9. The Hall–Kier alpha value is -4.63. The molecule has 0 unspecified atom stereocenters. The molecule has 0 heterocycles. The summed E-state index contributed by atoms with van der Waals surface area (Å²) in [5.74, 6) is -0.244. The van der Waals surface area contributed by atoms with Gasteiger partial charge in [-0.2, -0.15) is 0 Å². The van der Waals surface area contributed by atoms with Gasteiger partial charge in [0, 0.05) is 27.7 Å². The van der Waals surface area contributed by atoms with Crippen LogP contribution < -0.4 is 0 Å². The van der Waals surface area contributed by atoms with Crippen LogP contribution in [-0.2, 0) is 5.41 Å². The van der Waals surface area contributed by atoms with Crippen LogP contribution in [0.25, 0.3) is 21.9 Å². The van der Waals surface area contributed by atoms with Crippen molar-refractivity contribution in [2.24, 2.45) is 0 Å². The molecule has 0 fully saturated rings. The molecule has 0 radical (unpaired) electrons. The molecule has 0 bridgehead atoms. The third-order valence-corrected chi connectivity index (χ3v) is 8.91. The van der Waals surface area contributed by atoms with Gasteiger partial charge < -0.3 is 0 Å². The number of carbonyl (C=O) groups excluding carboxylic acids is 2. The molecular weight excluding hydrogens is 514 g/mol. The number of hydrogen-bond acceptors (Lipinski definition) is 3. The molecule has 1 aliphatic carbocycles. The summed E-state index contributed by atoms with van der Waals surface area (Å²) < 4.78 is 0. The average molecular weight is 550 g/mol. The summed E-state index contributed by atoms with van der Waals surface area (Å²) in [6.07, 6.45) is 3.77. The zero-order valence-corrected chi connectivity index (χ0v) is 24.5. The molecule has 1 aliphatic rings. The quantitative estimate of drug-likeness (QED) is 0.147. The fourth-order valence-corrected chi connectivity index (χ4v) is 6.99. The first-order valence-electron chi connectivity index (χ1n) is 14.9. The molecule has 5 aromatic rings. The average Bonchev–Trinajstić information content (AvgIpc) is 3.28. The number of carbonyl (C=O) groups is 2. The number of nitrogens with one attached hydrogen (secondary N) is 1. The van der Waals surface area contributed by atoms with Crippen molar-refractivity contribution in [3.63, 3.8) is 0 Å². The third kappa shape index (κ3) is 4.41. The fraction of sp³-hybridized carbons (Fsp3) is 0.205. The van der Waals surface area contributed by atoms with Gasteiger partial charge in [-0.05, 0) is 70.5 Å². The Balaban J connectivity index is 1.46. The Labute approximate surface area is 247 Å². The molecule has 0 atom stereocenters. The first-order valence-corrected chi connectivity index (χ1v) is 14.9. The topological polar surface area (TPSA) is 58.0 Å². The molecule has 208 valence electrons. The summed E-state index contributed by atoms with van der Waals surface area (Å²) in [5.41, 5.74) is 7.80. The normalized spacial score (nSPS) is 13.0. The van der Waals surface area contributed by atoms with Crippen LogP contribution >= 0.6 is 0 Å². The second-order valence-electron chi connectivity index (χ2n) is 11.5. The van der Waals surface area contributed by atoms with Crippen LogP contribution in [0.5, 0.6) is 0 Å². The van der Waals surface area contributed by atoms with E-state index in [-0.39, 0.29) is 22.7 Å². The zero-order valence-electron chi connectivity index (χ0n) is 24.5. The van der Waals surface area contributed by atoms with Crippen LogP contribution in [0.15, 0.2) is 103 Å². The molecule has 0 amide bonds. The van der Waals surface area contributed by atoms with Crippen molar-refractivity contribution in [1.82, 2.24) is 0 Å². The maximum Gasteiger partial charge on any atom is 0.211 e. The molecule has 0 aliphatic heterocycles. The lowest BCUT2D eigenvalue weighted by molar-refractivity contribution is 0.103. The number of benzene rings is 5. The van der Waals surface area contributed by atoms with Crippen LogP contribution in [0.3, 0.4) is 0 Å². The molecular formula is C39H35NO2. The summed E-state index contributed by atoms with van der Waals surface area (Å²) in [7, 11) is 0. The van der Waals surface area contributed by atoms with Crippen molar-refractivity contribution >= 4 is 28.1 Å². The van der Waals surface area contributed by atoms with Gasteiger partial charge in [0.25, 0.3) is 0 Å². The highest BCUT2D eigenvalue weighted by Crippen LogP contribution is 2.54. The molecule has 0 spiro atoms. The van der Waals surface area contributed by atoms with Crippen molar-refractivity contribution in [1.29, 1.82) is 5.41 Å². The van der Waals surface area contributed by atoms with E-state index in [4.69, 9.17) is 5.41 Å². The molecule has 5 aromatic carbocycles. The molecule has 3 heteroatoms. The predicted octanol–water partition coefficient (Wildman–Crippen LogP) is 9.50.